The van der Waals surface area contributed by atoms with Gasteiger partial charge >= 0.3 is 5.97 Å². The standard InChI is InChI=1S/C6H10O5S/c7-5-3-12(10,11)2-1-4(5)6(8)9/h4-5,7H,1-3H2,(H,8,9)/t4-,5-/m0/s1. The summed E-state index contributed by atoms with van der Waals surface area (Å²) in [6, 6.07) is 0. The minimum Gasteiger partial charge on any atom is -0.481 e. The zero-order chi connectivity index (χ0) is 9.35. The van der Waals surface area contributed by atoms with Gasteiger partial charge < -0.3 is 10.2 Å². The summed E-state index contributed by atoms with van der Waals surface area (Å²) < 4.78 is 21.8. The number of sulfone groups is 1. The van der Waals surface area contributed by atoms with E-state index in [1.807, 2.05) is 0 Å². The average molecular weight is 194 g/mol. The first-order valence-corrected chi connectivity index (χ1v) is 5.36. The van der Waals surface area contributed by atoms with E-state index in [9.17, 15) is 13.2 Å². The van der Waals surface area contributed by atoms with Gasteiger partial charge in [-0.25, -0.2) is 8.42 Å². The Labute approximate surface area is 69.9 Å². The number of aliphatic hydroxyl groups is 1. The van der Waals surface area contributed by atoms with Gasteiger partial charge in [0.1, 0.15) is 0 Å². The van der Waals surface area contributed by atoms with Gasteiger partial charge in [0.15, 0.2) is 9.84 Å². The lowest BCUT2D eigenvalue weighted by Gasteiger charge is -2.23. The number of carboxylic acids is 1. The van der Waals surface area contributed by atoms with Gasteiger partial charge in [0.25, 0.3) is 0 Å². The second-order valence-electron chi connectivity index (χ2n) is 2.92. The first kappa shape index (κ1) is 9.47. The summed E-state index contributed by atoms with van der Waals surface area (Å²) in [4.78, 5) is 10.4. The van der Waals surface area contributed by atoms with Crippen LogP contribution in [0.4, 0.5) is 0 Å². The van der Waals surface area contributed by atoms with Crippen LogP contribution in [0.5, 0.6) is 0 Å². The van der Waals surface area contributed by atoms with Crippen LogP contribution >= 0.6 is 0 Å². The fraction of sp³-hybridized carbons (Fsp3) is 0.833. The highest BCUT2D eigenvalue weighted by Crippen LogP contribution is 2.19. The molecule has 1 aliphatic rings. The molecule has 70 valence electrons. The maximum absolute atomic E-state index is 10.9. The Kier molecular flexibility index (Phi) is 2.39. The van der Waals surface area contributed by atoms with Gasteiger partial charge in [-0.15, -0.1) is 0 Å². The molecular weight excluding hydrogens is 184 g/mol. The van der Waals surface area contributed by atoms with Gasteiger partial charge in [-0.3, -0.25) is 4.79 Å². The average Bonchev–Trinajstić information content (AvgIpc) is 1.83. The molecule has 0 radical (unpaired) electrons. The van der Waals surface area contributed by atoms with E-state index in [1.54, 1.807) is 0 Å². The number of aliphatic carboxylic acids is 1. The van der Waals surface area contributed by atoms with E-state index in [2.05, 4.69) is 0 Å². The quantitative estimate of drug-likeness (QED) is 0.551. The van der Waals surface area contributed by atoms with Crippen LogP contribution in [0, 0.1) is 5.92 Å². The zero-order valence-corrected chi connectivity index (χ0v) is 7.12. The van der Waals surface area contributed by atoms with E-state index in [-0.39, 0.29) is 12.2 Å². The first-order chi connectivity index (χ1) is 5.42. The molecule has 1 heterocycles. The van der Waals surface area contributed by atoms with Crippen molar-refractivity contribution in [1.82, 2.24) is 0 Å². The number of rotatable bonds is 1. The number of hydrogen-bond acceptors (Lipinski definition) is 4. The molecule has 1 rings (SSSR count). The summed E-state index contributed by atoms with van der Waals surface area (Å²) in [5.74, 6) is -2.61. The maximum atomic E-state index is 10.9. The van der Waals surface area contributed by atoms with Crippen molar-refractivity contribution >= 4 is 15.8 Å². The Bertz CT molecular complexity index is 280. The van der Waals surface area contributed by atoms with Gasteiger partial charge in [-0.1, -0.05) is 0 Å². The van der Waals surface area contributed by atoms with Crippen LogP contribution in [0.1, 0.15) is 6.42 Å². The molecule has 0 amide bonds. The topological polar surface area (TPSA) is 91.7 Å². The maximum Gasteiger partial charge on any atom is 0.309 e. The van der Waals surface area contributed by atoms with E-state index in [4.69, 9.17) is 10.2 Å². The van der Waals surface area contributed by atoms with Gasteiger partial charge in [0, 0.05) is 0 Å². The fourth-order valence-corrected chi connectivity index (χ4v) is 2.78. The molecule has 0 unspecified atom stereocenters. The normalized spacial score (nSPS) is 34.4. The van der Waals surface area contributed by atoms with Crippen LogP contribution in [-0.4, -0.2) is 42.2 Å². The molecule has 0 aromatic carbocycles. The van der Waals surface area contributed by atoms with Crippen LogP contribution in [0.2, 0.25) is 0 Å². The van der Waals surface area contributed by atoms with Gasteiger partial charge in [-0.05, 0) is 6.42 Å². The Morgan fingerprint density at radius 1 is 1.42 bits per heavy atom. The van der Waals surface area contributed by atoms with Crippen LogP contribution in [-0.2, 0) is 14.6 Å². The van der Waals surface area contributed by atoms with Crippen molar-refractivity contribution in [1.29, 1.82) is 0 Å². The lowest BCUT2D eigenvalue weighted by molar-refractivity contribution is -0.145. The van der Waals surface area contributed by atoms with Crippen molar-refractivity contribution < 1.29 is 23.4 Å². The highest BCUT2D eigenvalue weighted by atomic mass is 32.2. The summed E-state index contributed by atoms with van der Waals surface area (Å²) in [6.07, 6.45) is -1.24. The van der Waals surface area contributed by atoms with E-state index < -0.39 is 33.6 Å². The molecule has 0 aromatic rings. The molecule has 1 fully saturated rings. The van der Waals surface area contributed by atoms with Crippen LogP contribution < -0.4 is 0 Å². The summed E-state index contributed by atoms with van der Waals surface area (Å²) in [5.41, 5.74) is 0. The predicted octanol–water partition coefficient (Wildman–Crippen LogP) is -1.13. The zero-order valence-electron chi connectivity index (χ0n) is 6.30. The van der Waals surface area contributed by atoms with E-state index in [0.29, 0.717) is 0 Å². The lowest BCUT2D eigenvalue weighted by atomic mass is 10.0. The summed E-state index contributed by atoms with van der Waals surface area (Å²) >= 11 is 0. The molecular formula is C6H10O5S. The summed E-state index contributed by atoms with van der Waals surface area (Å²) in [6.45, 7) is 0. The smallest absolute Gasteiger partial charge is 0.309 e. The number of carboxylic acid groups (broad SMARTS) is 1. The summed E-state index contributed by atoms with van der Waals surface area (Å²) in [5, 5.41) is 17.6. The molecule has 0 spiro atoms. The molecule has 0 aromatic heterocycles. The Morgan fingerprint density at radius 3 is 2.42 bits per heavy atom. The van der Waals surface area contributed by atoms with Crippen LogP contribution in [0.15, 0.2) is 0 Å². The van der Waals surface area contributed by atoms with Crippen molar-refractivity contribution in [3.05, 3.63) is 0 Å². The van der Waals surface area contributed by atoms with Crippen LogP contribution in [0.3, 0.4) is 0 Å². The third-order valence-corrected chi connectivity index (χ3v) is 3.65. The number of aliphatic hydroxyl groups excluding tert-OH is 1. The second kappa shape index (κ2) is 3.02. The van der Waals surface area contributed by atoms with Crippen molar-refractivity contribution in [3.8, 4) is 0 Å². The highest BCUT2D eigenvalue weighted by Gasteiger charge is 2.35. The SMILES string of the molecule is O=C(O)[C@H]1CCS(=O)(=O)C[C@@H]1O. The summed E-state index contributed by atoms with van der Waals surface area (Å²) in [7, 11) is -3.21. The molecule has 1 aliphatic heterocycles. The molecule has 1 saturated heterocycles. The number of carbonyl (C=O) groups is 1. The van der Waals surface area contributed by atoms with Crippen LogP contribution in [0.25, 0.3) is 0 Å². The number of hydrogen-bond donors (Lipinski definition) is 2. The van der Waals surface area contributed by atoms with E-state index in [0.717, 1.165) is 0 Å². The Balaban J connectivity index is 2.72. The molecule has 12 heavy (non-hydrogen) atoms. The minimum atomic E-state index is -3.21. The molecule has 0 saturated carbocycles. The third kappa shape index (κ3) is 1.95. The van der Waals surface area contributed by atoms with Crippen molar-refractivity contribution in [3.63, 3.8) is 0 Å². The monoisotopic (exact) mass is 194 g/mol. The van der Waals surface area contributed by atoms with Gasteiger partial charge in [0.2, 0.25) is 0 Å². The lowest BCUT2D eigenvalue weighted by Crippen LogP contribution is -2.40. The minimum absolute atomic E-state index is 0.0127. The van der Waals surface area contributed by atoms with Crippen molar-refractivity contribution in [2.24, 2.45) is 5.92 Å². The first-order valence-electron chi connectivity index (χ1n) is 3.54. The predicted molar refractivity (Wildman–Crippen MR) is 40.4 cm³/mol. The highest BCUT2D eigenvalue weighted by molar-refractivity contribution is 7.91. The molecule has 6 heteroatoms. The van der Waals surface area contributed by atoms with E-state index in [1.165, 1.54) is 0 Å². The molecule has 0 bridgehead atoms. The molecule has 2 N–H and O–H groups in total. The second-order valence-corrected chi connectivity index (χ2v) is 5.14. The Morgan fingerprint density at radius 2 is 2.00 bits per heavy atom. The van der Waals surface area contributed by atoms with E-state index >= 15 is 0 Å². The molecule has 5 nitrogen and oxygen atoms in total. The fourth-order valence-electron chi connectivity index (χ4n) is 1.25. The van der Waals surface area contributed by atoms with Gasteiger partial charge in [0.05, 0.1) is 23.5 Å². The molecule has 0 aliphatic carbocycles. The van der Waals surface area contributed by atoms with Crippen molar-refractivity contribution in [2.45, 2.75) is 12.5 Å². The molecule has 2 atom stereocenters. The van der Waals surface area contributed by atoms with Gasteiger partial charge in [-0.2, -0.15) is 0 Å². The van der Waals surface area contributed by atoms with Crippen molar-refractivity contribution in [2.75, 3.05) is 11.5 Å². The largest absolute Gasteiger partial charge is 0.481 e. The third-order valence-electron chi connectivity index (χ3n) is 1.95. The Hall–Kier alpha value is -0.620.